The third-order valence-corrected chi connectivity index (χ3v) is 3.30. The topological polar surface area (TPSA) is 85.6 Å². The molecule has 0 saturated carbocycles. The summed E-state index contributed by atoms with van der Waals surface area (Å²) < 4.78 is 1.57. The second kappa shape index (κ2) is 5.17. The summed E-state index contributed by atoms with van der Waals surface area (Å²) in [6.45, 7) is 1.93. The number of tetrazole rings is 1. The number of nitrogens with zero attached hydrogens (tertiary/aromatic N) is 5. The van der Waals surface area contributed by atoms with Gasteiger partial charge in [0.1, 0.15) is 12.0 Å². The minimum absolute atomic E-state index is 0.221. The van der Waals surface area contributed by atoms with E-state index in [1.54, 1.807) is 21.6 Å². The van der Waals surface area contributed by atoms with E-state index >= 15 is 0 Å². The van der Waals surface area contributed by atoms with Crippen molar-refractivity contribution in [2.75, 3.05) is 5.32 Å². The molecule has 0 spiro atoms. The van der Waals surface area contributed by atoms with Crippen LogP contribution in [0.2, 0.25) is 0 Å². The molecule has 20 heavy (non-hydrogen) atoms. The Bertz CT molecular complexity index is 723. The van der Waals surface area contributed by atoms with Crippen LogP contribution in [0, 0.1) is 6.92 Å². The molecule has 0 unspecified atom stereocenters. The van der Waals surface area contributed by atoms with Gasteiger partial charge in [-0.05, 0) is 41.1 Å². The van der Waals surface area contributed by atoms with Gasteiger partial charge in [0.25, 0.3) is 5.91 Å². The fraction of sp³-hybridized carbons (Fsp3) is 0.0833. The maximum atomic E-state index is 11.9. The lowest BCUT2D eigenvalue weighted by Crippen LogP contribution is -2.12. The summed E-state index contributed by atoms with van der Waals surface area (Å²) in [7, 11) is 0. The lowest BCUT2D eigenvalue weighted by Gasteiger charge is -2.08. The van der Waals surface area contributed by atoms with E-state index in [-0.39, 0.29) is 5.91 Å². The van der Waals surface area contributed by atoms with E-state index in [1.165, 1.54) is 17.7 Å². The number of rotatable bonds is 3. The average Bonchev–Trinajstić information content (AvgIpc) is 3.12. The molecule has 0 saturated heterocycles. The molecule has 0 bridgehead atoms. The van der Waals surface area contributed by atoms with Crippen molar-refractivity contribution in [3.8, 4) is 5.69 Å². The third kappa shape index (κ3) is 2.41. The van der Waals surface area contributed by atoms with Crippen LogP contribution in [0.5, 0.6) is 0 Å². The number of benzene rings is 1. The van der Waals surface area contributed by atoms with Crippen LogP contribution in [0.15, 0.2) is 35.4 Å². The Morgan fingerprint density at radius 2 is 2.30 bits per heavy atom. The largest absolute Gasteiger partial charge is 0.321 e. The molecule has 8 heteroatoms. The molecular weight excluding hydrogens is 276 g/mol. The number of aryl methyl sites for hydroxylation is 1. The first-order valence-electron chi connectivity index (χ1n) is 5.77. The van der Waals surface area contributed by atoms with E-state index < -0.39 is 0 Å². The number of nitrogens with one attached hydrogen (secondary N) is 1. The van der Waals surface area contributed by atoms with E-state index in [2.05, 4.69) is 25.8 Å². The predicted octanol–water partition coefficient (Wildman–Crippen LogP) is 1.68. The van der Waals surface area contributed by atoms with Gasteiger partial charge in [-0.1, -0.05) is 0 Å². The Morgan fingerprint density at radius 3 is 2.95 bits per heavy atom. The summed E-state index contributed by atoms with van der Waals surface area (Å²) in [6.07, 6.45) is 1.52. The van der Waals surface area contributed by atoms with Crippen LogP contribution in [0.25, 0.3) is 5.69 Å². The van der Waals surface area contributed by atoms with E-state index in [0.717, 1.165) is 11.3 Å². The first-order chi connectivity index (χ1) is 9.74. The molecule has 3 aromatic rings. The lowest BCUT2D eigenvalue weighted by atomic mass is 10.2. The summed E-state index contributed by atoms with van der Waals surface area (Å²) in [5, 5.41) is 15.5. The normalized spacial score (nSPS) is 10.4. The highest BCUT2D eigenvalue weighted by Crippen LogP contribution is 2.18. The molecule has 0 radical (unpaired) electrons. The zero-order valence-corrected chi connectivity index (χ0v) is 11.3. The second-order valence-electron chi connectivity index (χ2n) is 4.08. The van der Waals surface area contributed by atoms with Crippen molar-refractivity contribution in [1.29, 1.82) is 0 Å². The number of amides is 1. The summed E-state index contributed by atoms with van der Waals surface area (Å²) in [5.74, 6) is -0.221. The predicted molar refractivity (Wildman–Crippen MR) is 74.0 cm³/mol. The molecule has 0 fully saturated rings. The monoisotopic (exact) mass is 286 g/mol. The number of thiazole rings is 1. The van der Waals surface area contributed by atoms with Crippen molar-refractivity contribution in [2.24, 2.45) is 0 Å². The van der Waals surface area contributed by atoms with Gasteiger partial charge in [0.2, 0.25) is 0 Å². The van der Waals surface area contributed by atoms with Crippen molar-refractivity contribution in [3.63, 3.8) is 0 Å². The van der Waals surface area contributed by atoms with Crippen molar-refractivity contribution < 1.29 is 4.79 Å². The van der Waals surface area contributed by atoms with Crippen molar-refractivity contribution >= 4 is 22.9 Å². The smallest absolute Gasteiger partial charge is 0.275 e. The van der Waals surface area contributed by atoms with Gasteiger partial charge in [0, 0.05) is 11.1 Å². The van der Waals surface area contributed by atoms with E-state index in [0.29, 0.717) is 11.4 Å². The van der Waals surface area contributed by atoms with Gasteiger partial charge in [-0.2, -0.15) is 0 Å². The molecule has 1 aromatic carbocycles. The molecule has 100 valence electrons. The highest BCUT2D eigenvalue weighted by atomic mass is 32.1. The van der Waals surface area contributed by atoms with Crippen LogP contribution in [0.1, 0.15) is 16.1 Å². The molecule has 2 aromatic heterocycles. The molecule has 7 nitrogen and oxygen atoms in total. The average molecular weight is 286 g/mol. The fourth-order valence-corrected chi connectivity index (χ4v) is 2.31. The van der Waals surface area contributed by atoms with Crippen LogP contribution >= 0.6 is 11.3 Å². The molecule has 1 amide bonds. The number of hydrogen-bond donors (Lipinski definition) is 1. The van der Waals surface area contributed by atoms with Crippen LogP contribution in [-0.4, -0.2) is 31.1 Å². The van der Waals surface area contributed by atoms with E-state index in [4.69, 9.17) is 0 Å². The number of carbonyl (C=O) groups excluding carboxylic acids is 1. The van der Waals surface area contributed by atoms with Crippen LogP contribution in [0.3, 0.4) is 0 Å². The Kier molecular flexibility index (Phi) is 3.21. The maximum Gasteiger partial charge on any atom is 0.275 e. The van der Waals surface area contributed by atoms with Gasteiger partial charge in [0.15, 0.2) is 0 Å². The lowest BCUT2D eigenvalue weighted by molar-refractivity contribution is 0.102. The highest BCUT2D eigenvalue weighted by Gasteiger charge is 2.09. The summed E-state index contributed by atoms with van der Waals surface area (Å²) in [5.41, 5.74) is 4.56. The first-order valence-corrected chi connectivity index (χ1v) is 6.72. The molecule has 0 aliphatic heterocycles. The number of carbonyl (C=O) groups is 1. The summed E-state index contributed by atoms with van der Waals surface area (Å²) >= 11 is 1.38. The minimum atomic E-state index is -0.221. The molecule has 2 heterocycles. The van der Waals surface area contributed by atoms with E-state index in [9.17, 15) is 4.79 Å². The molecule has 0 aliphatic carbocycles. The van der Waals surface area contributed by atoms with Crippen molar-refractivity contribution in [1.82, 2.24) is 25.2 Å². The molecular formula is C12H10N6OS. The maximum absolute atomic E-state index is 11.9. The molecule has 3 rings (SSSR count). The van der Waals surface area contributed by atoms with Crippen LogP contribution in [0.4, 0.5) is 5.69 Å². The molecule has 1 N–H and O–H groups in total. The molecule has 0 atom stereocenters. The zero-order chi connectivity index (χ0) is 13.9. The van der Waals surface area contributed by atoms with Gasteiger partial charge in [0.05, 0.1) is 11.2 Å². The van der Waals surface area contributed by atoms with Crippen molar-refractivity contribution in [3.05, 3.63) is 46.7 Å². The second-order valence-corrected chi connectivity index (χ2v) is 4.80. The standard InChI is InChI=1S/C12H10N6OS/c1-8-4-9(15-12(19)10-5-20-7-13-10)2-3-11(8)18-6-14-16-17-18/h2-7H,1H3,(H,15,19). The van der Waals surface area contributed by atoms with E-state index in [1.807, 2.05) is 19.1 Å². The van der Waals surface area contributed by atoms with Crippen molar-refractivity contribution in [2.45, 2.75) is 6.92 Å². The fourth-order valence-electron chi connectivity index (χ4n) is 1.78. The van der Waals surface area contributed by atoms with Crippen LogP contribution in [-0.2, 0) is 0 Å². The Morgan fingerprint density at radius 1 is 1.40 bits per heavy atom. The summed E-state index contributed by atoms with van der Waals surface area (Å²) in [6, 6.07) is 5.51. The van der Waals surface area contributed by atoms with Gasteiger partial charge in [-0.25, -0.2) is 9.67 Å². The highest BCUT2D eigenvalue weighted by molar-refractivity contribution is 7.07. The quantitative estimate of drug-likeness (QED) is 0.791. The first kappa shape index (κ1) is 12.4. The summed E-state index contributed by atoms with van der Waals surface area (Å²) in [4.78, 5) is 15.9. The number of aromatic nitrogens is 5. The molecule has 0 aliphatic rings. The van der Waals surface area contributed by atoms with Gasteiger partial charge in [-0.3, -0.25) is 4.79 Å². The Labute approximate surface area is 118 Å². The van der Waals surface area contributed by atoms with Gasteiger partial charge in [-0.15, -0.1) is 16.4 Å². The van der Waals surface area contributed by atoms with Gasteiger partial charge >= 0.3 is 0 Å². The number of anilines is 1. The van der Waals surface area contributed by atoms with Gasteiger partial charge < -0.3 is 5.32 Å². The Balaban J connectivity index is 1.82. The number of hydrogen-bond acceptors (Lipinski definition) is 6. The Hall–Kier alpha value is -2.61. The van der Waals surface area contributed by atoms with Crippen LogP contribution < -0.4 is 5.32 Å². The SMILES string of the molecule is Cc1cc(NC(=O)c2cscn2)ccc1-n1cnnn1. The minimum Gasteiger partial charge on any atom is -0.321 e. The third-order valence-electron chi connectivity index (χ3n) is 2.72. The zero-order valence-electron chi connectivity index (χ0n) is 10.5.